The Kier molecular flexibility index (Phi) is 17.8. The average Bonchev–Trinajstić information content (AvgIpc) is 2.22. The predicted octanol–water partition coefficient (Wildman–Crippen LogP) is 4.28. The minimum Gasteiger partial charge on any atom is -0.343 e. The van der Waals surface area contributed by atoms with Crippen molar-refractivity contribution < 1.29 is 19.5 Å². The molecular weight excluding hydrogens is 222 g/mol. The summed E-state index contributed by atoms with van der Waals surface area (Å²) in [6, 6.07) is 12.5. The molecule has 0 nitrogen and oxygen atoms in total. The van der Waals surface area contributed by atoms with Gasteiger partial charge in [0.15, 0.2) is 0 Å². The summed E-state index contributed by atoms with van der Waals surface area (Å²) < 4.78 is 0. The van der Waals surface area contributed by atoms with Crippen molar-refractivity contribution in [3.05, 3.63) is 43.3 Å². The first kappa shape index (κ1) is 16.3. The molecule has 0 amide bonds. The molecule has 0 aliphatic carbocycles. The van der Waals surface area contributed by atoms with Crippen LogP contribution in [0.2, 0.25) is 0 Å². The summed E-state index contributed by atoms with van der Waals surface area (Å²) in [5.41, 5.74) is 0. The van der Waals surface area contributed by atoms with Crippen LogP contribution in [0.1, 0.15) is 39.0 Å². The number of hydrogen-bond donors (Lipinski definition) is 0. The molecule has 0 saturated carbocycles. The van der Waals surface area contributed by atoms with Crippen LogP contribution in [0, 0.1) is 13.0 Å². The van der Waals surface area contributed by atoms with Crippen LogP contribution >= 0.6 is 0 Å². The first-order valence-corrected chi connectivity index (χ1v) is 5.12. The van der Waals surface area contributed by atoms with Gasteiger partial charge in [0.1, 0.15) is 0 Å². The quantitative estimate of drug-likeness (QED) is 0.419. The van der Waals surface area contributed by atoms with Crippen LogP contribution in [0.25, 0.3) is 0 Å². The Morgan fingerprint density at radius 2 is 1.64 bits per heavy atom. The molecule has 0 aliphatic heterocycles. The summed E-state index contributed by atoms with van der Waals surface area (Å²) in [4.78, 5) is 0. The van der Waals surface area contributed by atoms with Crippen molar-refractivity contribution in [3.63, 3.8) is 0 Å². The normalized spacial score (nSPS) is 8.14. The van der Waals surface area contributed by atoms with Crippen molar-refractivity contribution in [3.8, 4) is 0 Å². The number of hydrogen-bond acceptors (Lipinski definition) is 0. The van der Waals surface area contributed by atoms with Gasteiger partial charge in [0.2, 0.25) is 0 Å². The number of unbranched alkanes of at least 4 members (excludes halogenated alkanes) is 4. The van der Waals surface area contributed by atoms with Gasteiger partial charge >= 0.3 is 19.5 Å². The Labute approximate surface area is 102 Å². The summed E-state index contributed by atoms with van der Waals surface area (Å²) in [5.74, 6) is 0. The van der Waals surface area contributed by atoms with Gasteiger partial charge in [-0.1, -0.05) is 32.6 Å². The minimum absolute atomic E-state index is 0. The molecule has 0 bridgehead atoms. The molecule has 0 aromatic heterocycles. The second-order valence-electron chi connectivity index (χ2n) is 2.99. The average molecular weight is 242 g/mol. The van der Waals surface area contributed by atoms with Crippen LogP contribution < -0.4 is 0 Å². The van der Waals surface area contributed by atoms with Gasteiger partial charge < -0.3 is 6.92 Å². The molecule has 14 heavy (non-hydrogen) atoms. The molecule has 0 fully saturated rings. The zero-order valence-corrected chi connectivity index (χ0v) is 12.3. The van der Waals surface area contributed by atoms with Crippen LogP contribution in [0.15, 0.2) is 30.3 Å². The van der Waals surface area contributed by atoms with Crippen molar-refractivity contribution in [2.24, 2.45) is 0 Å². The van der Waals surface area contributed by atoms with E-state index in [4.69, 9.17) is 0 Å². The molecule has 0 aliphatic rings. The molecule has 1 heteroatoms. The molecule has 0 atom stereocenters. The van der Waals surface area contributed by atoms with E-state index in [1.54, 1.807) is 0 Å². The summed E-state index contributed by atoms with van der Waals surface area (Å²) >= 11 is 0. The van der Waals surface area contributed by atoms with Gasteiger partial charge in [0, 0.05) is 0 Å². The molecule has 0 unspecified atom stereocenters. The van der Waals surface area contributed by atoms with E-state index in [1.165, 1.54) is 25.7 Å². The van der Waals surface area contributed by atoms with Gasteiger partial charge in [-0.05, 0) is 0 Å². The molecule has 0 heterocycles. The van der Waals surface area contributed by atoms with Gasteiger partial charge in [-0.3, -0.25) is 0 Å². The third-order valence-corrected chi connectivity index (χ3v) is 1.71. The van der Waals surface area contributed by atoms with Crippen LogP contribution in [0.4, 0.5) is 0 Å². The van der Waals surface area contributed by atoms with Crippen LogP contribution in [0.5, 0.6) is 0 Å². The molecule has 74 valence electrons. The van der Waals surface area contributed by atoms with E-state index < -0.39 is 0 Å². The maximum atomic E-state index is 3.76. The Morgan fingerprint density at radius 3 is 1.93 bits per heavy atom. The second kappa shape index (κ2) is 15.3. The van der Waals surface area contributed by atoms with Crippen molar-refractivity contribution in [1.82, 2.24) is 0 Å². The van der Waals surface area contributed by atoms with Gasteiger partial charge in [-0.15, -0.1) is 0 Å². The van der Waals surface area contributed by atoms with E-state index >= 15 is 0 Å². The minimum atomic E-state index is 0. The topological polar surface area (TPSA) is 0 Å². The fourth-order valence-corrected chi connectivity index (χ4v) is 0.945. The third kappa shape index (κ3) is 14.4. The summed E-state index contributed by atoms with van der Waals surface area (Å²) in [6.45, 7) is 5.98. The number of rotatable bonds is 4. The third-order valence-electron chi connectivity index (χ3n) is 1.71. The first-order valence-electron chi connectivity index (χ1n) is 5.12. The van der Waals surface area contributed by atoms with Crippen molar-refractivity contribution >= 4 is 0 Å². The fourth-order valence-electron chi connectivity index (χ4n) is 0.945. The summed E-state index contributed by atoms with van der Waals surface area (Å²) in [6.07, 6.45) is 6.52. The molecule has 1 aromatic rings. The fraction of sp³-hybridized carbons (Fsp3) is 0.462. The van der Waals surface area contributed by atoms with E-state index in [0.29, 0.717) is 0 Å². The van der Waals surface area contributed by atoms with Gasteiger partial charge in [-0.25, -0.2) is 0 Å². The maximum Gasteiger partial charge on any atom is 2.00 e. The Hall–Kier alpha value is -0.157. The van der Waals surface area contributed by atoms with Crippen LogP contribution in [-0.4, -0.2) is 0 Å². The van der Waals surface area contributed by atoms with Crippen molar-refractivity contribution in [1.29, 1.82) is 0 Å². The van der Waals surface area contributed by atoms with Crippen LogP contribution in [0.3, 0.4) is 0 Å². The van der Waals surface area contributed by atoms with E-state index in [-0.39, 0.29) is 19.5 Å². The summed E-state index contributed by atoms with van der Waals surface area (Å²) in [7, 11) is 0. The molecular formula is C13H20Zn. The van der Waals surface area contributed by atoms with Gasteiger partial charge in [0.25, 0.3) is 0 Å². The van der Waals surface area contributed by atoms with E-state index in [0.717, 1.165) is 6.42 Å². The van der Waals surface area contributed by atoms with E-state index in [9.17, 15) is 0 Å². The molecule has 0 N–H and O–H groups in total. The SMILES string of the molecule is [CH2-]CCCCCC.[Zn+2].[c-]1ccccc1. The smallest absolute Gasteiger partial charge is 0.343 e. The predicted molar refractivity (Wildman–Crippen MR) is 59.4 cm³/mol. The summed E-state index contributed by atoms with van der Waals surface area (Å²) in [5, 5.41) is 0. The molecule has 0 radical (unpaired) electrons. The standard InChI is InChI=1S/C7H15.C6H5.Zn/c1-3-5-7-6-4-2;1-2-4-6-5-3-1;/h1,3-7H2,2H3;1-5H;/q2*-1;+2. The zero-order chi connectivity index (χ0) is 9.78. The Bertz CT molecular complexity index is 129. The Morgan fingerprint density at radius 1 is 1.00 bits per heavy atom. The van der Waals surface area contributed by atoms with Crippen LogP contribution in [-0.2, 0) is 19.5 Å². The second-order valence-corrected chi connectivity index (χ2v) is 2.99. The van der Waals surface area contributed by atoms with Crippen molar-refractivity contribution in [2.45, 2.75) is 39.0 Å². The Balaban J connectivity index is 0. The zero-order valence-electron chi connectivity index (χ0n) is 9.34. The first-order chi connectivity index (χ1) is 6.41. The molecule has 0 spiro atoms. The number of benzene rings is 1. The molecule has 1 aromatic carbocycles. The van der Waals surface area contributed by atoms with Crippen molar-refractivity contribution in [2.75, 3.05) is 0 Å². The molecule has 0 saturated heterocycles. The van der Waals surface area contributed by atoms with E-state index in [1.807, 2.05) is 30.3 Å². The largest absolute Gasteiger partial charge is 2.00 e. The molecule has 1 rings (SSSR count). The van der Waals surface area contributed by atoms with Gasteiger partial charge in [-0.2, -0.15) is 42.8 Å². The maximum absolute atomic E-state index is 3.76. The monoisotopic (exact) mass is 240 g/mol. The van der Waals surface area contributed by atoms with Gasteiger partial charge in [0.05, 0.1) is 0 Å². The van der Waals surface area contributed by atoms with E-state index in [2.05, 4.69) is 19.9 Å².